The molecular weight excluding hydrogens is 307 g/mol. The summed E-state index contributed by atoms with van der Waals surface area (Å²) in [5.74, 6) is 0.613. The Balaban J connectivity index is 1.93. The molecule has 2 saturated carbocycles. The lowest BCUT2D eigenvalue weighted by atomic mass is 9.97. The third-order valence-electron chi connectivity index (χ3n) is 6.48. The molecule has 0 amide bonds. The Morgan fingerprint density at radius 2 is 1.25 bits per heavy atom. The molecule has 0 unspecified atom stereocenters. The Hall–Kier alpha value is -0.350. The number of hydrogen-bond donors (Lipinski definition) is 0. The first-order valence-corrected chi connectivity index (χ1v) is 12.2. The van der Waals surface area contributed by atoms with Crippen LogP contribution in [0.15, 0.2) is 35.2 Å². The first-order valence-electron chi connectivity index (χ1n) is 10.7. The van der Waals surface area contributed by atoms with Crippen LogP contribution in [-0.4, -0.2) is 11.3 Å². The van der Waals surface area contributed by atoms with Crippen molar-refractivity contribution in [1.82, 2.24) is 0 Å². The maximum absolute atomic E-state index is 2.45. The fourth-order valence-electron chi connectivity index (χ4n) is 5.33. The fraction of sp³-hybridized carbons (Fsp3) is 0.739. The van der Waals surface area contributed by atoms with E-state index in [0.717, 1.165) is 11.3 Å². The average Bonchev–Trinajstić information content (AvgIpc) is 3.17. The molecule has 0 aromatic heterocycles. The summed E-state index contributed by atoms with van der Waals surface area (Å²) in [5.41, 5.74) is 3.88. The molecule has 0 aromatic rings. The molecule has 0 aliphatic heterocycles. The number of allylic oxidation sites excluding steroid dienone is 6. The second-order valence-corrected chi connectivity index (χ2v) is 10.8. The minimum absolute atomic E-state index is 0.0900. The summed E-state index contributed by atoms with van der Waals surface area (Å²) >= 11 is 0. The van der Waals surface area contributed by atoms with Gasteiger partial charge in [-0.25, -0.2) is 0 Å². The number of hydrogen-bond acceptors (Lipinski definition) is 0. The van der Waals surface area contributed by atoms with Crippen LogP contribution in [0.5, 0.6) is 0 Å². The molecule has 0 aromatic carbocycles. The largest absolute Gasteiger partial charge is 0.0736 e. The summed E-state index contributed by atoms with van der Waals surface area (Å²) in [6.45, 7) is 4.86. The lowest BCUT2D eigenvalue weighted by Crippen LogP contribution is -2.22. The van der Waals surface area contributed by atoms with Gasteiger partial charge in [0.2, 0.25) is 0 Å². The second-order valence-electron chi connectivity index (χ2n) is 7.97. The molecule has 3 rings (SSSR count). The van der Waals surface area contributed by atoms with Crippen LogP contribution in [0.1, 0.15) is 90.9 Å². The zero-order valence-corrected chi connectivity index (χ0v) is 16.9. The van der Waals surface area contributed by atoms with Crippen molar-refractivity contribution in [2.75, 3.05) is 0 Å². The highest BCUT2D eigenvalue weighted by Gasteiger charge is 2.34. The Labute approximate surface area is 151 Å². The Morgan fingerprint density at radius 3 is 1.67 bits per heavy atom. The van der Waals surface area contributed by atoms with Gasteiger partial charge in [-0.15, -0.1) is 0 Å². The molecule has 0 heterocycles. The summed E-state index contributed by atoms with van der Waals surface area (Å²) < 4.78 is 0. The highest BCUT2D eigenvalue weighted by molar-refractivity contribution is 7.63. The van der Waals surface area contributed by atoms with Crippen molar-refractivity contribution in [1.29, 1.82) is 0 Å². The molecule has 1 heteroatoms. The average molecular weight is 345 g/mol. The van der Waals surface area contributed by atoms with E-state index in [4.69, 9.17) is 0 Å². The predicted octanol–water partition coefficient (Wildman–Crippen LogP) is 7.95. The van der Waals surface area contributed by atoms with E-state index >= 15 is 0 Å². The lowest BCUT2D eigenvalue weighted by Gasteiger charge is -2.41. The molecule has 3 aliphatic rings. The monoisotopic (exact) mass is 344 g/mol. The topological polar surface area (TPSA) is 0 Å². The Morgan fingerprint density at radius 1 is 0.750 bits per heavy atom. The highest BCUT2D eigenvalue weighted by Crippen LogP contribution is 2.63. The van der Waals surface area contributed by atoms with Gasteiger partial charge in [0.1, 0.15) is 0 Å². The van der Waals surface area contributed by atoms with Crippen molar-refractivity contribution in [3.05, 3.63) is 35.2 Å². The summed E-state index contributed by atoms with van der Waals surface area (Å²) in [6, 6.07) is 0. The van der Waals surface area contributed by atoms with Crippen molar-refractivity contribution < 1.29 is 0 Å². The molecule has 0 radical (unpaired) electrons. The smallest absolute Gasteiger partial charge is 0.0169 e. The van der Waals surface area contributed by atoms with Crippen molar-refractivity contribution in [3.8, 4) is 0 Å². The molecule has 134 valence electrons. The maximum atomic E-state index is 2.45. The zero-order chi connectivity index (χ0) is 16.8. The van der Waals surface area contributed by atoms with Crippen molar-refractivity contribution in [3.63, 3.8) is 0 Å². The Bertz CT molecular complexity index is 442. The second kappa shape index (κ2) is 9.38. The van der Waals surface area contributed by atoms with Crippen LogP contribution in [0.3, 0.4) is 0 Å². The van der Waals surface area contributed by atoms with E-state index in [0.29, 0.717) is 5.92 Å². The highest BCUT2D eigenvalue weighted by atomic mass is 31.1. The molecule has 0 spiro atoms. The number of rotatable bonds is 6. The first kappa shape index (κ1) is 18.4. The van der Waals surface area contributed by atoms with Gasteiger partial charge >= 0.3 is 0 Å². The van der Waals surface area contributed by atoms with E-state index in [1.165, 1.54) is 77.0 Å². The van der Waals surface area contributed by atoms with Crippen LogP contribution in [0.4, 0.5) is 0 Å². The lowest BCUT2D eigenvalue weighted by molar-refractivity contribution is 0.485. The van der Waals surface area contributed by atoms with Crippen molar-refractivity contribution in [2.45, 2.75) is 102 Å². The molecule has 0 atom stereocenters. The van der Waals surface area contributed by atoms with Gasteiger partial charge in [0.05, 0.1) is 0 Å². The zero-order valence-electron chi connectivity index (χ0n) is 16.0. The third-order valence-corrected chi connectivity index (χ3v) is 10.3. The van der Waals surface area contributed by atoms with Gasteiger partial charge in [0.15, 0.2) is 0 Å². The summed E-state index contributed by atoms with van der Waals surface area (Å²) in [4.78, 5) is 0. The van der Waals surface area contributed by atoms with Crippen LogP contribution in [0, 0.1) is 5.92 Å². The van der Waals surface area contributed by atoms with E-state index < -0.39 is 0 Å². The molecule has 0 bridgehead atoms. The van der Waals surface area contributed by atoms with Crippen LogP contribution in [0.2, 0.25) is 0 Å². The van der Waals surface area contributed by atoms with E-state index in [1.54, 1.807) is 5.57 Å². The van der Waals surface area contributed by atoms with Gasteiger partial charge in [-0.1, -0.05) is 90.2 Å². The summed E-state index contributed by atoms with van der Waals surface area (Å²) in [6.07, 6.45) is 27.0. The third kappa shape index (κ3) is 4.24. The molecule has 0 nitrogen and oxygen atoms in total. The predicted molar refractivity (Wildman–Crippen MR) is 110 cm³/mol. The molecule has 0 saturated heterocycles. The maximum Gasteiger partial charge on any atom is 0.0169 e. The molecule has 3 aliphatic carbocycles. The first-order chi connectivity index (χ1) is 11.8. The van der Waals surface area contributed by atoms with Gasteiger partial charge in [0.25, 0.3) is 0 Å². The van der Waals surface area contributed by atoms with E-state index in [9.17, 15) is 0 Å². The van der Waals surface area contributed by atoms with Gasteiger partial charge in [-0.2, -0.15) is 0 Å². The molecular formula is C23H37P. The van der Waals surface area contributed by atoms with Gasteiger partial charge in [-0.05, 0) is 55.2 Å². The van der Waals surface area contributed by atoms with Crippen LogP contribution in [0.25, 0.3) is 0 Å². The van der Waals surface area contributed by atoms with E-state index in [2.05, 4.69) is 38.2 Å². The molecule has 24 heavy (non-hydrogen) atoms. The van der Waals surface area contributed by atoms with Gasteiger partial charge in [-0.3, -0.25) is 0 Å². The van der Waals surface area contributed by atoms with E-state index in [-0.39, 0.29) is 7.92 Å². The van der Waals surface area contributed by atoms with Crippen LogP contribution in [-0.2, 0) is 0 Å². The fourth-order valence-corrected chi connectivity index (χ4v) is 9.65. The Kier molecular flexibility index (Phi) is 7.20. The SMILES string of the molecule is CCC(=C(CC)P(C1CCCCC1)C1CCCCC1)C1C=CC=C1. The van der Waals surface area contributed by atoms with Crippen LogP contribution >= 0.6 is 7.92 Å². The van der Waals surface area contributed by atoms with Crippen molar-refractivity contribution >= 4 is 7.92 Å². The van der Waals surface area contributed by atoms with Crippen LogP contribution < -0.4 is 0 Å². The van der Waals surface area contributed by atoms with Gasteiger partial charge in [0, 0.05) is 5.92 Å². The van der Waals surface area contributed by atoms with E-state index in [1.807, 2.05) is 5.31 Å². The molecule has 0 N–H and O–H groups in total. The van der Waals surface area contributed by atoms with Crippen molar-refractivity contribution in [2.24, 2.45) is 5.92 Å². The quantitative estimate of drug-likeness (QED) is 0.429. The standard InChI is InChI=1S/C23H37P/c1-3-22(19-13-11-12-14-19)23(4-2)24(20-15-7-5-8-16-20)21-17-9-6-10-18-21/h11-14,19-21H,3-10,15-18H2,1-2H3. The normalized spacial score (nSPS) is 24.8. The van der Waals surface area contributed by atoms with Gasteiger partial charge < -0.3 is 0 Å². The summed E-state index contributed by atoms with van der Waals surface area (Å²) in [5, 5.41) is 1.94. The minimum Gasteiger partial charge on any atom is -0.0736 e. The minimum atomic E-state index is 0.0900. The molecule has 2 fully saturated rings. The summed E-state index contributed by atoms with van der Waals surface area (Å²) in [7, 11) is 0.0900.